The van der Waals surface area contributed by atoms with Crippen LogP contribution >= 0.6 is 0 Å². The monoisotopic (exact) mass is 515 g/mol. The summed E-state index contributed by atoms with van der Waals surface area (Å²) in [5, 5.41) is 22.9. The maximum atomic E-state index is 13.6. The molecule has 2 aromatic rings. The maximum Gasteiger partial charge on any atom is 0.202 e. The number of benzene rings is 1. The number of rotatable bonds is 3. The lowest BCUT2D eigenvalue weighted by atomic mass is 9.46. The summed E-state index contributed by atoms with van der Waals surface area (Å²) in [6.07, 6.45) is 5.84. The third-order valence-corrected chi connectivity index (χ3v) is 10.7. The van der Waals surface area contributed by atoms with Gasteiger partial charge in [-0.05, 0) is 61.8 Å². The number of para-hydroxylation sites is 1. The zero-order valence-corrected chi connectivity index (χ0v) is 21.7. The molecule has 7 rings (SSSR count). The summed E-state index contributed by atoms with van der Waals surface area (Å²) in [5.41, 5.74) is -0.00274. The van der Waals surface area contributed by atoms with E-state index in [0.29, 0.717) is 18.5 Å². The molecule has 7 heteroatoms. The highest BCUT2D eigenvalue weighted by molar-refractivity contribution is 6.01. The second kappa shape index (κ2) is 8.15. The highest BCUT2D eigenvalue weighted by Gasteiger charge is 2.76. The minimum atomic E-state index is -1.37. The number of aliphatic hydroxyl groups is 2. The van der Waals surface area contributed by atoms with E-state index in [1.165, 1.54) is 0 Å². The molecule has 4 aliphatic carbocycles. The number of carbonyl (C=O) groups excluding carboxylic acids is 2. The fourth-order valence-corrected chi connectivity index (χ4v) is 9.03. The normalized spacial score (nSPS) is 43.3. The number of aromatic nitrogens is 1. The standard InChI is InChI=1S/C31H33NO6/c1-29-12-11-19(34)13-18(29)8-9-20-21-14-26-31(25(36)16-33,30(21,2)15-24(35)27(20)29)38-28(37-26)23-10-7-17-5-3-4-6-22(17)32-23/h3-7,10-13,20-21,24,26-28,33,35H,8-9,14-16H2,1-2H3/t20-,21-,24?,26+,27+,28?,29-,30-,31+/m0/s1. The summed E-state index contributed by atoms with van der Waals surface area (Å²) in [5.74, 6) is -0.271. The van der Waals surface area contributed by atoms with Gasteiger partial charge in [-0.2, -0.15) is 0 Å². The molecule has 38 heavy (non-hydrogen) atoms. The van der Waals surface area contributed by atoms with Crippen LogP contribution in [0.15, 0.2) is 60.2 Å². The minimum Gasteiger partial charge on any atom is -0.393 e. The lowest BCUT2D eigenvalue weighted by molar-refractivity contribution is -0.201. The van der Waals surface area contributed by atoms with Crippen molar-refractivity contribution in [1.82, 2.24) is 4.98 Å². The molecule has 1 aromatic carbocycles. The number of hydrogen-bond donors (Lipinski definition) is 2. The topological polar surface area (TPSA) is 106 Å². The molecule has 1 saturated heterocycles. The van der Waals surface area contributed by atoms with Crippen molar-refractivity contribution in [2.45, 2.75) is 63.6 Å². The number of ketones is 2. The van der Waals surface area contributed by atoms with Gasteiger partial charge < -0.3 is 19.7 Å². The number of aliphatic hydroxyl groups excluding tert-OH is 2. The lowest BCUT2D eigenvalue weighted by Gasteiger charge is -2.59. The van der Waals surface area contributed by atoms with Gasteiger partial charge in [0.2, 0.25) is 6.29 Å². The molecule has 1 aromatic heterocycles. The van der Waals surface area contributed by atoms with Crippen LogP contribution in [-0.2, 0) is 19.1 Å². The zero-order chi connectivity index (χ0) is 26.4. The van der Waals surface area contributed by atoms with Crippen LogP contribution in [0, 0.1) is 28.6 Å². The van der Waals surface area contributed by atoms with Crippen LogP contribution in [-0.4, -0.2) is 51.2 Å². The summed E-state index contributed by atoms with van der Waals surface area (Å²) >= 11 is 0. The van der Waals surface area contributed by atoms with Crippen molar-refractivity contribution in [2.24, 2.45) is 28.6 Å². The molecule has 0 spiro atoms. The number of nitrogens with zero attached hydrogens (tertiary/aromatic N) is 1. The van der Waals surface area contributed by atoms with Crippen LogP contribution in [0.25, 0.3) is 10.9 Å². The quantitative estimate of drug-likeness (QED) is 0.640. The maximum absolute atomic E-state index is 13.6. The molecule has 0 radical (unpaired) electrons. The Morgan fingerprint density at radius 2 is 2.00 bits per heavy atom. The third kappa shape index (κ3) is 3.02. The van der Waals surface area contributed by atoms with Gasteiger partial charge in [0, 0.05) is 22.1 Å². The SMILES string of the molecule is C[C@]12C=CC(=O)C=C1CC[C@@H]1[C@@H]2C(O)C[C@@]2(C)[C@H]1C[C@H]1OC(c3ccc4ccccc4n3)O[C@]12C(=O)CO. The van der Waals surface area contributed by atoms with Crippen molar-refractivity contribution >= 4 is 22.5 Å². The fourth-order valence-electron chi connectivity index (χ4n) is 9.03. The molecule has 2 N–H and O–H groups in total. The first-order valence-electron chi connectivity index (χ1n) is 13.7. The van der Waals surface area contributed by atoms with Gasteiger partial charge in [0.05, 0.1) is 23.4 Å². The second-order valence-corrected chi connectivity index (χ2v) is 12.3. The van der Waals surface area contributed by atoms with E-state index in [2.05, 4.69) is 6.92 Å². The van der Waals surface area contributed by atoms with Crippen LogP contribution in [0.3, 0.4) is 0 Å². The van der Waals surface area contributed by atoms with Crippen LogP contribution in [0.2, 0.25) is 0 Å². The number of pyridine rings is 1. The first kappa shape index (κ1) is 24.3. The number of Topliss-reactive ketones (excluding diaryl/α,β-unsaturated/α-hetero) is 1. The summed E-state index contributed by atoms with van der Waals surface area (Å²) in [7, 11) is 0. The van der Waals surface area contributed by atoms with Crippen molar-refractivity contribution in [2.75, 3.05) is 6.61 Å². The molecule has 7 nitrogen and oxygen atoms in total. The first-order chi connectivity index (χ1) is 18.2. The zero-order valence-electron chi connectivity index (χ0n) is 21.7. The molecular weight excluding hydrogens is 482 g/mol. The average molecular weight is 516 g/mol. The predicted molar refractivity (Wildman–Crippen MR) is 139 cm³/mol. The van der Waals surface area contributed by atoms with Gasteiger partial charge in [-0.3, -0.25) is 9.59 Å². The summed E-state index contributed by atoms with van der Waals surface area (Å²) in [4.78, 5) is 30.5. The Balaban J connectivity index is 1.27. The number of allylic oxidation sites excluding steroid dienone is 4. The van der Waals surface area contributed by atoms with Gasteiger partial charge in [-0.1, -0.05) is 49.8 Å². The number of ether oxygens (including phenoxy) is 2. The molecule has 3 saturated carbocycles. The van der Waals surface area contributed by atoms with Gasteiger partial charge in [-0.25, -0.2) is 4.98 Å². The van der Waals surface area contributed by atoms with Gasteiger partial charge in [0.15, 0.2) is 17.2 Å². The Labute approximate surface area is 221 Å². The van der Waals surface area contributed by atoms with Crippen LogP contribution in [0.5, 0.6) is 0 Å². The molecule has 1 aliphatic heterocycles. The van der Waals surface area contributed by atoms with Gasteiger partial charge in [-0.15, -0.1) is 0 Å². The number of fused-ring (bicyclic) bond motifs is 8. The highest BCUT2D eigenvalue weighted by Crippen LogP contribution is 2.70. The van der Waals surface area contributed by atoms with E-state index in [9.17, 15) is 19.8 Å². The van der Waals surface area contributed by atoms with Crippen molar-refractivity contribution in [3.05, 3.63) is 65.9 Å². The van der Waals surface area contributed by atoms with Crippen LogP contribution in [0.1, 0.15) is 51.5 Å². The summed E-state index contributed by atoms with van der Waals surface area (Å²) in [6.45, 7) is 3.52. The Bertz CT molecular complexity index is 1420. The molecule has 2 unspecified atom stereocenters. The van der Waals surface area contributed by atoms with Crippen molar-refractivity contribution in [3.8, 4) is 0 Å². The van der Waals surface area contributed by atoms with Crippen molar-refractivity contribution < 1.29 is 29.3 Å². The van der Waals surface area contributed by atoms with E-state index in [0.717, 1.165) is 29.3 Å². The van der Waals surface area contributed by atoms with Gasteiger partial charge in [0.25, 0.3) is 0 Å². The van der Waals surface area contributed by atoms with E-state index in [-0.39, 0.29) is 23.5 Å². The van der Waals surface area contributed by atoms with E-state index >= 15 is 0 Å². The third-order valence-electron chi connectivity index (χ3n) is 10.7. The molecule has 5 aliphatic rings. The molecular formula is C31H33NO6. The van der Waals surface area contributed by atoms with E-state index in [1.54, 1.807) is 12.2 Å². The minimum absolute atomic E-state index is 0.00379. The van der Waals surface area contributed by atoms with Crippen molar-refractivity contribution in [3.63, 3.8) is 0 Å². The molecule has 2 heterocycles. The summed E-state index contributed by atoms with van der Waals surface area (Å²) < 4.78 is 13.1. The van der Waals surface area contributed by atoms with Gasteiger partial charge in [0.1, 0.15) is 6.61 Å². The Morgan fingerprint density at radius 3 is 2.82 bits per heavy atom. The fraction of sp³-hybridized carbons (Fsp3) is 0.516. The molecule has 198 valence electrons. The average Bonchev–Trinajstić information content (AvgIpc) is 3.41. The van der Waals surface area contributed by atoms with Gasteiger partial charge >= 0.3 is 0 Å². The highest BCUT2D eigenvalue weighted by atomic mass is 16.7. The van der Waals surface area contributed by atoms with Crippen LogP contribution < -0.4 is 0 Å². The number of carbonyl (C=O) groups is 2. The molecule has 9 atom stereocenters. The van der Waals surface area contributed by atoms with E-state index in [1.807, 2.05) is 49.4 Å². The molecule has 0 amide bonds. The second-order valence-electron chi connectivity index (χ2n) is 12.3. The Kier molecular flexibility index (Phi) is 5.22. The largest absolute Gasteiger partial charge is 0.393 e. The van der Waals surface area contributed by atoms with E-state index in [4.69, 9.17) is 14.5 Å². The van der Waals surface area contributed by atoms with Crippen LogP contribution in [0.4, 0.5) is 0 Å². The number of hydrogen-bond acceptors (Lipinski definition) is 7. The first-order valence-corrected chi connectivity index (χ1v) is 13.7. The predicted octanol–water partition coefficient (Wildman–Crippen LogP) is 3.84. The van der Waals surface area contributed by atoms with E-state index < -0.39 is 47.3 Å². The smallest absolute Gasteiger partial charge is 0.202 e. The molecule has 4 fully saturated rings. The molecule has 0 bridgehead atoms. The van der Waals surface area contributed by atoms with Crippen molar-refractivity contribution in [1.29, 1.82) is 0 Å². The Morgan fingerprint density at radius 1 is 1.18 bits per heavy atom. The summed E-state index contributed by atoms with van der Waals surface area (Å²) in [6, 6.07) is 11.6. The Hall–Kier alpha value is -2.71. The lowest BCUT2D eigenvalue weighted by Crippen LogP contribution is -2.63.